The van der Waals surface area contributed by atoms with Crippen molar-refractivity contribution in [1.29, 1.82) is 0 Å². The SMILES string of the molecule is Cc1ccsc1CN(C)c1ccc(N)c(F)c1. The van der Waals surface area contributed by atoms with E-state index in [0.29, 0.717) is 0 Å². The average molecular weight is 250 g/mol. The van der Waals surface area contributed by atoms with Crippen LogP contribution in [-0.4, -0.2) is 7.05 Å². The Hall–Kier alpha value is -1.55. The van der Waals surface area contributed by atoms with Gasteiger partial charge in [0.2, 0.25) is 0 Å². The third-order valence-electron chi connectivity index (χ3n) is 2.77. The predicted molar refractivity (Wildman–Crippen MR) is 72.0 cm³/mol. The largest absolute Gasteiger partial charge is 0.396 e. The van der Waals surface area contributed by atoms with Gasteiger partial charge in [0.25, 0.3) is 0 Å². The zero-order valence-corrected chi connectivity index (χ0v) is 10.7. The van der Waals surface area contributed by atoms with Crippen molar-refractivity contribution >= 4 is 22.7 Å². The molecule has 4 heteroatoms. The topological polar surface area (TPSA) is 29.3 Å². The van der Waals surface area contributed by atoms with E-state index in [1.807, 2.05) is 18.0 Å². The number of rotatable bonds is 3. The fourth-order valence-corrected chi connectivity index (χ4v) is 2.58. The van der Waals surface area contributed by atoms with Gasteiger partial charge in [-0.25, -0.2) is 4.39 Å². The maximum absolute atomic E-state index is 13.3. The first-order chi connectivity index (χ1) is 8.08. The zero-order chi connectivity index (χ0) is 12.4. The van der Waals surface area contributed by atoms with E-state index in [9.17, 15) is 4.39 Å². The first-order valence-electron chi connectivity index (χ1n) is 5.37. The van der Waals surface area contributed by atoms with E-state index in [0.717, 1.165) is 12.2 Å². The highest BCUT2D eigenvalue weighted by molar-refractivity contribution is 7.10. The monoisotopic (exact) mass is 250 g/mol. The summed E-state index contributed by atoms with van der Waals surface area (Å²) in [5.74, 6) is -0.364. The lowest BCUT2D eigenvalue weighted by molar-refractivity contribution is 0.632. The second kappa shape index (κ2) is 4.75. The second-order valence-corrected chi connectivity index (χ2v) is 5.09. The summed E-state index contributed by atoms with van der Waals surface area (Å²) in [6, 6.07) is 7.00. The summed E-state index contributed by atoms with van der Waals surface area (Å²) < 4.78 is 13.3. The lowest BCUT2D eigenvalue weighted by atomic mass is 10.2. The molecule has 17 heavy (non-hydrogen) atoms. The Morgan fingerprint density at radius 2 is 2.12 bits per heavy atom. The minimum Gasteiger partial charge on any atom is -0.396 e. The standard InChI is InChI=1S/C13H15FN2S/c1-9-5-6-17-13(9)8-16(2)10-3-4-12(15)11(14)7-10/h3-7H,8,15H2,1-2H3. The minimum absolute atomic E-state index is 0.189. The highest BCUT2D eigenvalue weighted by Crippen LogP contribution is 2.23. The summed E-state index contributed by atoms with van der Waals surface area (Å²) in [5, 5.41) is 2.07. The molecule has 2 aromatic rings. The number of nitrogen functional groups attached to an aromatic ring is 1. The third kappa shape index (κ3) is 2.58. The van der Waals surface area contributed by atoms with Crippen molar-refractivity contribution in [3.8, 4) is 0 Å². The molecule has 2 N–H and O–H groups in total. The summed E-state index contributed by atoms with van der Waals surface area (Å²) in [4.78, 5) is 3.31. The number of aryl methyl sites for hydroxylation is 1. The van der Waals surface area contributed by atoms with Gasteiger partial charge in [0, 0.05) is 17.6 Å². The van der Waals surface area contributed by atoms with Gasteiger partial charge in [0.1, 0.15) is 5.82 Å². The molecule has 1 aromatic heterocycles. The molecule has 0 aliphatic rings. The molecule has 0 saturated heterocycles. The predicted octanol–water partition coefficient (Wildman–Crippen LogP) is 3.41. The van der Waals surface area contributed by atoms with Crippen LogP contribution in [0.4, 0.5) is 15.8 Å². The van der Waals surface area contributed by atoms with Crippen molar-refractivity contribution in [3.05, 3.63) is 45.9 Å². The number of halogens is 1. The Balaban J connectivity index is 2.17. The van der Waals surface area contributed by atoms with E-state index in [-0.39, 0.29) is 11.5 Å². The van der Waals surface area contributed by atoms with Gasteiger partial charge >= 0.3 is 0 Å². The van der Waals surface area contributed by atoms with Crippen LogP contribution in [0, 0.1) is 12.7 Å². The van der Waals surface area contributed by atoms with Crippen LogP contribution in [0.15, 0.2) is 29.6 Å². The van der Waals surface area contributed by atoms with Crippen molar-refractivity contribution in [1.82, 2.24) is 0 Å². The maximum atomic E-state index is 13.3. The van der Waals surface area contributed by atoms with Gasteiger partial charge in [-0.1, -0.05) is 0 Å². The van der Waals surface area contributed by atoms with E-state index >= 15 is 0 Å². The highest BCUT2D eigenvalue weighted by atomic mass is 32.1. The molecule has 0 unspecified atom stereocenters. The number of hydrogen-bond acceptors (Lipinski definition) is 3. The van der Waals surface area contributed by atoms with Gasteiger partial charge in [-0.05, 0) is 42.1 Å². The number of hydrogen-bond donors (Lipinski definition) is 1. The Morgan fingerprint density at radius 1 is 1.35 bits per heavy atom. The highest BCUT2D eigenvalue weighted by Gasteiger charge is 2.07. The van der Waals surface area contributed by atoms with Crippen LogP contribution in [0.2, 0.25) is 0 Å². The molecule has 0 aliphatic heterocycles. The number of benzene rings is 1. The van der Waals surface area contributed by atoms with Crippen LogP contribution in [0.3, 0.4) is 0 Å². The average Bonchev–Trinajstić information content (AvgIpc) is 2.68. The summed E-state index contributed by atoms with van der Waals surface area (Å²) in [6.07, 6.45) is 0. The molecule has 2 nitrogen and oxygen atoms in total. The van der Waals surface area contributed by atoms with Crippen molar-refractivity contribution in [3.63, 3.8) is 0 Å². The summed E-state index contributed by atoms with van der Waals surface area (Å²) in [6.45, 7) is 2.87. The first-order valence-corrected chi connectivity index (χ1v) is 6.25. The van der Waals surface area contributed by atoms with Crippen molar-refractivity contribution in [2.75, 3.05) is 17.7 Å². The molecule has 0 atom stereocenters. The molecule has 1 heterocycles. The molecule has 0 amide bonds. The molecule has 0 fully saturated rings. The van der Waals surface area contributed by atoms with Crippen molar-refractivity contribution < 1.29 is 4.39 Å². The Morgan fingerprint density at radius 3 is 2.71 bits per heavy atom. The fourth-order valence-electron chi connectivity index (χ4n) is 1.63. The quantitative estimate of drug-likeness (QED) is 0.846. The Bertz CT molecular complexity index is 522. The fraction of sp³-hybridized carbons (Fsp3) is 0.231. The minimum atomic E-state index is -0.364. The second-order valence-electron chi connectivity index (χ2n) is 4.09. The molecule has 0 aliphatic carbocycles. The molecule has 1 aromatic carbocycles. The Labute approximate surface area is 104 Å². The number of nitrogens with zero attached hydrogens (tertiary/aromatic N) is 1. The normalized spacial score (nSPS) is 10.5. The van der Waals surface area contributed by atoms with Gasteiger partial charge in [0.05, 0.1) is 12.2 Å². The molecular formula is C13H15FN2S. The summed E-state index contributed by atoms with van der Waals surface area (Å²) in [7, 11) is 1.95. The van der Waals surface area contributed by atoms with E-state index in [2.05, 4.69) is 18.4 Å². The lowest BCUT2D eigenvalue weighted by Crippen LogP contribution is -2.16. The summed E-state index contributed by atoms with van der Waals surface area (Å²) in [5.41, 5.74) is 7.76. The first kappa shape index (κ1) is 11.9. The van der Waals surface area contributed by atoms with Crippen LogP contribution < -0.4 is 10.6 Å². The molecule has 2 rings (SSSR count). The molecular weight excluding hydrogens is 235 g/mol. The van der Waals surface area contributed by atoms with Gasteiger partial charge in [-0.3, -0.25) is 0 Å². The van der Waals surface area contributed by atoms with Crippen LogP contribution in [0.1, 0.15) is 10.4 Å². The smallest absolute Gasteiger partial charge is 0.148 e. The number of anilines is 2. The Kier molecular flexibility index (Phi) is 3.33. The molecule has 0 radical (unpaired) electrons. The lowest BCUT2D eigenvalue weighted by Gasteiger charge is -2.19. The van der Waals surface area contributed by atoms with Crippen LogP contribution >= 0.6 is 11.3 Å². The third-order valence-corrected chi connectivity index (χ3v) is 3.78. The van der Waals surface area contributed by atoms with Gasteiger partial charge in [-0.15, -0.1) is 11.3 Å². The molecule has 0 saturated carbocycles. The molecule has 0 bridgehead atoms. The maximum Gasteiger partial charge on any atom is 0.148 e. The van der Waals surface area contributed by atoms with Gasteiger partial charge in [-0.2, -0.15) is 0 Å². The van der Waals surface area contributed by atoms with E-state index in [4.69, 9.17) is 5.73 Å². The van der Waals surface area contributed by atoms with Crippen LogP contribution in [-0.2, 0) is 6.54 Å². The molecule has 0 spiro atoms. The van der Waals surface area contributed by atoms with Crippen LogP contribution in [0.25, 0.3) is 0 Å². The van der Waals surface area contributed by atoms with E-state index in [1.165, 1.54) is 16.5 Å². The van der Waals surface area contributed by atoms with E-state index in [1.54, 1.807) is 17.4 Å². The number of nitrogens with two attached hydrogens (primary N) is 1. The van der Waals surface area contributed by atoms with Gasteiger partial charge in [0.15, 0.2) is 0 Å². The van der Waals surface area contributed by atoms with Crippen molar-refractivity contribution in [2.24, 2.45) is 0 Å². The van der Waals surface area contributed by atoms with Gasteiger partial charge < -0.3 is 10.6 Å². The molecule has 90 valence electrons. The zero-order valence-electron chi connectivity index (χ0n) is 9.90. The van der Waals surface area contributed by atoms with Crippen LogP contribution in [0.5, 0.6) is 0 Å². The number of thiophene rings is 1. The summed E-state index contributed by atoms with van der Waals surface area (Å²) >= 11 is 1.72. The van der Waals surface area contributed by atoms with E-state index < -0.39 is 0 Å². The van der Waals surface area contributed by atoms with Crippen molar-refractivity contribution in [2.45, 2.75) is 13.5 Å².